The van der Waals surface area contributed by atoms with Crippen molar-refractivity contribution in [3.63, 3.8) is 0 Å². The number of hydrogen-bond donors (Lipinski definition) is 0. The second kappa shape index (κ2) is 22.9. The third-order valence-electron chi connectivity index (χ3n) is 11.3. The Morgan fingerprint density at radius 3 is 1.06 bits per heavy atom. The molecule has 0 aliphatic rings. The van der Waals surface area contributed by atoms with Gasteiger partial charge in [-0.25, -0.2) is 0 Å². The fourth-order valence-corrected chi connectivity index (χ4v) is 25.7. The summed E-state index contributed by atoms with van der Waals surface area (Å²) < 4.78 is 13.6. The molecule has 1 aromatic carbocycles. The van der Waals surface area contributed by atoms with Crippen LogP contribution >= 0.6 is 22.7 Å². The van der Waals surface area contributed by atoms with Gasteiger partial charge >= 0.3 is 351 Å². The van der Waals surface area contributed by atoms with E-state index in [1.54, 1.807) is 54.8 Å². The summed E-state index contributed by atoms with van der Waals surface area (Å²) in [6.45, 7) is 4.64. The molecule has 0 nitrogen and oxygen atoms in total. The van der Waals surface area contributed by atoms with Crippen LogP contribution in [0.2, 0.25) is 29.6 Å². The minimum absolute atomic E-state index is 0.448. The number of thiophene rings is 2. The van der Waals surface area contributed by atoms with Crippen molar-refractivity contribution in [3.8, 4) is 20.0 Å². The summed E-state index contributed by atoms with van der Waals surface area (Å²) in [6.07, 6.45) is 31.1. The van der Waals surface area contributed by atoms with Crippen molar-refractivity contribution >= 4 is 114 Å². The normalized spacial score (nSPS) is 12.6. The number of fused-ring (bicyclic) bond motifs is 2. The molecular formula is C48H74S2Se2Sn2. The van der Waals surface area contributed by atoms with Gasteiger partial charge < -0.3 is 0 Å². The molecule has 0 radical (unpaired) electrons. The molecule has 6 heteroatoms. The van der Waals surface area contributed by atoms with Crippen LogP contribution in [0.4, 0.5) is 0 Å². The third kappa shape index (κ3) is 13.4. The summed E-state index contributed by atoms with van der Waals surface area (Å²) in [7, 11) is 0. The molecule has 298 valence electrons. The van der Waals surface area contributed by atoms with Crippen LogP contribution in [0.1, 0.15) is 151 Å². The number of hydrogen-bond acceptors (Lipinski definition) is 2. The van der Waals surface area contributed by atoms with E-state index < -0.39 is 36.8 Å². The molecule has 0 saturated carbocycles. The van der Waals surface area contributed by atoms with E-state index in [1.165, 1.54) is 141 Å². The zero-order chi connectivity index (χ0) is 38.6. The van der Waals surface area contributed by atoms with Crippen LogP contribution in [0.15, 0.2) is 36.4 Å². The van der Waals surface area contributed by atoms with E-state index in [-0.39, 0.29) is 0 Å². The van der Waals surface area contributed by atoms with Crippen LogP contribution in [0.3, 0.4) is 0 Å². The van der Waals surface area contributed by atoms with Gasteiger partial charge in [0.2, 0.25) is 0 Å². The van der Waals surface area contributed by atoms with Crippen LogP contribution in [0.5, 0.6) is 0 Å². The first-order valence-electron chi connectivity index (χ1n) is 22.2. The standard InChI is InChI=1S/C42H56S2Se2.6CH3.2Sn/c1-3-5-7-9-11-13-15-17-19-21-23-33-25-27-37(45-33)39-35-29-31-44-42(35)40(36-30-32-43-41(36)39)38-28-26-34(46-38)24-22-20-18-16-14-12-10-8-6-4-2;;;;;;;;/h25-30H,3-24H2,1-2H3;6*1H3;;. The minimum atomic E-state index is -2.30. The van der Waals surface area contributed by atoms with Crippen molar-refractivity contribution in [2.45, 2.75) is 185 Å². The van der Waals surface area contributed by atoms with Gasteiger partial charge in [0.15, 0.2) is 0 Å². The van der Waals surface area contributed by atoms with E-state index in [4.69, 9.17) is 0 Å². The van der Waals surface area contributed by atoms with Crippen LogP contribution in [-0.2, 0) is 12.8 Å². The number of aryl methyl sites for hydroxylation is 2. The maximum atomic E-state index is 2.73. The second-order valence-electron chi connectivity index (χ2n) is 18.4. The first-order valence-corrected chi connectivity index (χ1v) is 47.3. The summed E-state index contributed by atoms with van der Waals surface area (Å²) in [5.41, 5.74) is 3.29. The van der Waals surface area contributed by atoms with E-state index in [0.717, 1.165) is 0 Å². The van der Waals surface area contributed by atoms with Crippen molar-refractivity contribution in [1.82, 2.24) is 0 Å². The van der Waals surface area contributed by atoms with Crippen LogP contribution in [-0.4, -0.2) is 65.8 Å². The number of rotatable bonds is 26. The topological polar surface area (TPSA) is 0 Å². The van der Waals surface area contributed by atoms with Crippen LogP contribution < -0.4 is 5.79 Å². The summed E-state index contributed by atoms with van der Waals surface area (Å²) >= 11 is 0.723. The van der Waals surface area contributed by atoms with Crippen molar-refractivity contribution in [2.75, 3.05) is 0 Å². The van der Waals surface area contributed by atoms with Crippen molar-refractivity contribution < 1.29 is 0 Å². The Morgan fingerprint density at radius 1 is 0.426 bits per heavy atom. The first kappa shape index (κ1) is 45.8. The number of benzene rings is 1. The molecule has 0 aliphatic heterocycles. The summed E-state index contributed by atoms with van der Waals surface area (Å²) in [4.78, 5) is 15.8. The van der Waals surface area contributed by atoms with Gasteiger partial charge in [-0.05, 0) is 0 Å². The molecule has 0 saturated heterocycles. The average molecular weight is 1110 g/mol. The monoisotopic (exact) mass is 1110 g/mol. The van der Waals surface area contributed by atoms with Crippen molar-refractivity contribution in [1.29, 1.82) is 0 Å². The molecule has 0 aliphatic carbocycles. The molecule has 0 atom stereocenters. The van der Waals surface area contributed by atoms with Gasteiger partial charge in [-0.1, -0.05) is 13.8 Å². The number of unbranched alkanes of at least 4 members (excludes halogenated alkanes) is 18. The maximum absolute atomic E-state index is 2.73. The van der Waals surface area contributed by atoms with Gasteiger partial charge in [0, 0.05) is 0 Å². The van der Waals surface area contributed by atoms with Gasteiger partial charge in [0.1, 0.15) is 0 Å². The molecule has 5 rings (SSSR count). The Balaban J connectivity index is 1.36. The van der Waals surface area contributed by atoms with Crippen molar-refractivity contribution in [2.24, 2.45) is 0 Å². The Morgan fingerprint density at radius 2 is 0.741 bits per heavy atom. The SMILES string of the molecule is CCCCCCCCCCCCc1ccc(-c2c3c[c]([Sn]([CH3])([CH3])[CH3])sc3c(-c3ccc(CCCCCCCCCCCC)[se]3)c3c[c]([Sn]([CH3])([CH3])[CH3])sc23)[se]1. The molecular weight excluding hydrogens is 1040 g/mol. The molecule has 0 bridgehead atoms. The van der Waals surface area contributed by atoms with Gasteiger partial charge in [0.05, 0.1) is 0 Å². The Bertz CT molecular complexity index is 1650. The molecule has 0 fully saturated rings. The molecule has 5 aromatic rings. The molecule has 4 heterocycles. The van der Waals surface area contributed by atoms with E-state index in [0.29, 0.717) is 29.0 Å². The zero-order valence-corrected chi connectivity index (χ0v) is 46.4. The summed E-state index contributed by atoms with van der Waals surface area (Å²) in [5, 5.41) is 3.23. The predicted molar refractivity (Wildman–Crippen MR) is 259 cm³/mol. The molecule has 0 spiro atoms. The molecule has 54 heavy (non-hydrogen) atoms. The second-order valence-corrected chi connectivity index (χ2v) is 56.2. The third-order valence-corrected chi connectivity index (χ3v) is 37.3. The van der Waals surface area contributed by atoms with E-state index in [2.05, 4.69) is 103 Å². The fourth-order valence-electron chi connectivity index (χ4n) is 7.86. The molecule has 0 unspecified atom stereocenters. The summed E-state index contributed by atoms with van der Waals surface area (Å²) in [6, 6.07) is 15.7. The van der Waals surface area contributed by atoms with Gasteiger partial charge in [0.25, 0.3) is 0 Å². The average Bonchev–Trinajstić information content (AvgIpc) is 3.95. The van der Waals surface area contributed by atoms with Crippen LogP contribution in [0, 0.1) is 0 Å². The van der Waals surface area contributed by atoms with Gasteiger partial charge in [-0.3, -0.25) is 0 Å². The van der Waals surface area contributed by atoms with Gasteiger partial charge in [-0.2, -0.15) is 0 Å². The molecule has 0 N–H and O–H groups in total. The fraction of sp³-hybridized carbons (Fsp3) is 0.625. The Labute approximate surface area is 360 Å². The Hall–Kier alpha value is 0.736. The van der Waals surface area contributed by atoms with Crippen LogP contribution in [0.25, 0.3) is 40.2 Å². The zero-order valence-electron chi connectivity index (χ0n) is 35.7. The van der Waals surface area contributed by atoms with E-state index >= 15 is 0 Å². The molecule has 0 amide bonds. The quantitative estimate of drug-likeness (QED) is 0.0382. The first-order chi connectivity index (χ1) is 26.0. The predicted octanol–water partition coefficient (Wildman–Crippen LogP) is 15.6. The summed E-state index contributed by atoms with van der Waals surface area (Å²) in [5.74, 6) is 0. The van der Waals surface area contributed by atoms with Gasteiger partial charge in [-0.15, -0.1) is 0 Å². The van der Waals surface area contributed by atoms with E-state index in [1.807, 2.05) is 0 Å². The molecule has 4 aromatic heterocycles. The van der Waals surface area contributed by atoms with Crippen molar-refractivity contribution in [3.05, 3.63) is 45.3 Å². The Kier molecular flexibility index (Phi) is 19.5. The van der Waals surface area contributed by atoms with E-state index in [9.17, 15) is 0 Å².